The number of hydrogen-bond acceptors (Lipinski definition) is 6. The van der Waals surface area contributed by atoms with E-state index in [4.69, 9.17) is 4.98 Å². The predicted octanol–water partition coefficient (Wildman–Crippen LogP) is 1.98. The number of rotatable bonds is 5. The Morgan fingerprint density at radius 1 is 1.12 bits per heavy atom. The van der Waals surface area contributed by atoms with Crippen LogP contribution in [0, 0.1) is 0 Å². The van der Waals surface area contributed by atoms with E-state index in [1.54, 1.807) is 4.88 Å². The van der Waals surface area contributed by atoms with E-state index in [9.17, 15) is 5.11 Å². The molecule has 4 rings (SSSR count). The van der Waals surface area contributed by atoms with E-state index in [1.807, 2.05) is 11.3 Å². The molecular weight excluding hydrogens is 344 g/mol. The standard InChI is InChI=1S/C20H34N4OS/c1-22-9-6-16(7-10-22)24-12-11-23(14-17(24)8-13-25)15-20-21-18-4-2-3-5-19(18)26-20/h16-17,25H,2-15H2,1H3. The van der Waals surface area contributed by atoms with E-state index in [-0.39, 0.29) is 0 Å². The molecule has 1 aliphatic carbocycles. The van der Waals surface area contributed by atoms with Gasteiger partial charge in [-0.15, -0.1) is 11.3 Å². The Morgan fingerprint density at radius 2 is 1.92 bits per heavy atom. The van der Waals surface area contributed by atoms with Crippen molar-refractivity contribution in [1.82, 2.24) is 19.7 Å². The molecule has 1 atom stereocenters. The first-order valence-corrected chi connectivity index (χ1v) is 11.3. The van der Waals surface area contributed by atoms with Crippen molar-refractivity contribution in [3.05, 3.63) is 15.6 Å². The van der Waals surface area contributed by atoms with Crippen LogP contribution < -0.4 is 0 Å². The van der Waals surface area contributed by atoms with Crippen LogP contribution in [-0.4, -0.2) is 83.3 Å². The highest BCUT2D eigenvalue weighted by molar-refractivity contribution is 7.11. The van der Waals surface area contributed by atoms with Gasteiger partial charge in [-0.25, -0.2) is 4.98 Å². The van der Waals surface area contributed by atoms with Crippen LogP contribution in [0.4, 0.5) is 0 Å². The maximum atomic E-state index is 9.60. The summed E-state index contributed by atoms with van der Waals surface area (Å²) in [5.74, 6) is 0. The highest BCUT2D eigenvalue weighted by Crippen LogP contribution is 2.29. The Morgan fingerprint density at radius 3 is 2.69 bits per heavy atom. The average Bonchev–Trinajstić information content (AvgIpc) is 3.05. The number of aliphatic hydroxyl groups is 1. The second-order valence-electron chi connectivity index (χ2n) is 8.36. The number of piperidine rings is 1. The summed E-state index contributed by atoms with van der Waals surface area (Å²) >= 11 is 1.95. The van der Waals surface area contributed by atoms with E-state index in [1.165, 1.54) is 62.3 Å². The highest BCUT2D eigenvalue weighted by atomic mass is 32.1. The fraction of sp³-hybridized carbons (Fsp3) is 0.850. The van der Waals surface area contributed by atoms with Crippen LogP contribution in [0.25, 0.3) is 0 Å². The molecule has 5 nitrogen and oxygen atoms in total. The third kappa shape index (κ3) is 4.30. The lowest BCUT2D eigenvalue weighted by Gasteiger charge is -2.47. The van der Waals surface area contributed by atoms with E-state index in [2.05, 4.69) is 21.7 Å². The molecule has 1 unspecified atom stereocenters. The number of aryl methyl sites for hydroxylation is 2. The van der Waals surface area contributed by atoms with Crippen LogP contribution in [0.1, 0.15) is 47.7 Å². The Kier molecular flexibility index (Phi) is 6.26. The summed E-state index contributed by atoms with van der Waals surface area (Å²) in [6.07, 6.45) is 8.52. The lowest BCUT2D eigenvalue weighted by atomic mass is 9.98. The van der Waals surface area contributed by atoms with E-state index in [0.717, 1.165) is 32.6 Å². The second kappa shape index (κ2) is 8.65. The molecule has 0 spiro atoms. The molecule has 0 saturated carbocycles. The first kappa shape index (κ1) is 18.8. The van der Waals surface area contributed by atoms with Crippen LogP contribution in [-0.2, 0) is 19.4 Å². The van der Waals surface area contributed by atoms with Gasteiger partial charge in [0.15, 0.2) is 0 Å². The Balaban J connectivity index is 1.37. The minimum absolute atomic E-state index is 0.299. The first-order valence-electron chi connectivity index (χ1n) is 10.5. The van der Waals surface area contributed by atoms with E-state index < -0.39 is 0 Å². The van der Waals surface area contributed by atoms with Gasteiger partial charge in [-0.05, 0) is 65.1 Å². The molecule has 26 heavy (non-hydrogen) atoms. The maximum Gasteiger partial charge on any atom is 0.107 e. The lowest BCUT2D eigenvalue weighted by Crippen LogP contribution is -2.58. The van der Waals surface area contributed by atoms with Crippen LogP contribution in [0.2, 0.25) is 0 Å². The van der Waals surface area contributed by atoms with Crippen LogP contribution in [0.3, 0.4) is 0 Å². The zero-order valence-corrected chi connectivity index (χ0v) is 17.0. The Hall–Kier alpha value is -0.530. The molecule has 3 aliphatic rings. The molecule has 1 N–H and O–H groups in total. The third-order valence-electron chi connectivity index (χ3n) is 6.48. The lowest BCUT2D eigenvalue weighted by molar-refractivity contribution is 0.00597. The SMILES string of the molecule is CN1CCC(N2CCN(Cc3nc4c(s3)CCCC4)CC2CCO)CC1. The predicted molar refractivity (Wildman–Crippen MR) is 107 cm³/mol. The molecule has 0 radical (unpaired) electrons. The minimum atomic E-state index is 0.299. The average molecular weight is 379 g/mol. The number of aromatic nitrogens is 1. The summed E-state index contributed by atoms with van der Waals surface area (Å²) in [6, 6.07) is 1.20. The topological polar surface area (TPSA) is 42.8 Å². The molecule has 2 saturated heterocycles. The fourth-order valence-corrected chi connectivity index (χ4v) is 6.15. The molecule has 2 aliphatic heterocycles. The smallest absolute Gasteiger partial charge is 0.107 e. The molecule has 146 valence electrons. The molecule has 0 bridgehead atoms. The summed E-state index contributed by atoms with van der Waals surface area (Å²) in [4.78, 5) is 14.2. The number of hydrogen-bond donors (Lipinski definition) is 1. The molecule has 2 fully saturated rings. The third-order valence-corrected chi connectivity index (χ3v) is 7.62. The van der Waals surface area contributed by atoms with Crippen LogP contribution in [0.5, 0.6) is 0 Å². The summed E-state index contributed by atoms with van der Waals surface area (Å²) in [7, 11) is 2.23. The van der Waals surface area contributed by atoms with Crippen molar-refractivity contribution in [2.45, 2.75) is 63.6 Å². The van der Waals surface area contributed by atoms with Crippen molar-refractivity contribution in [2.24, 2.45) is 0 Å². The monoisotopic (exact) mass is 378 g/mol. The maximum absolute atomic E-state index is 9.60. The largest absolute Gasteiger partial charge is 0.396 e. The minimum Gasteiger partial charge on any atom is -0.396 e. The quantitative estimate of drug-likeness (QED) is 0.849. The van der Waals surface area contributed by atoms with Gasteiger partial charge in [0.1, 0.15) is 5.01 Å². The van der Waals surface area contributed by atoms with Crippen molar-refractivity contribution in [1.29, 1.82) is 0 Å². The van der Waals surface area contributed by atoms with Crippen molar-refractivity contribution < 1.29 is 5.11 Å². The van der Waals surface area contributed by atoms with Crippen molar-refractivity contribution in [2.75, 3.05) is 46.4 Å². The molecule has 1 aromatic rings. The number of piperazine rings is 1. The fourth-order valence-electron chi connectivity index (χ4n) is 4.96. The normalized spacial score (nSPS) is 26.9. The number of likely N-dealkylation sites (tertiary alicyclic amines) is 1. The molecule has 1 aromatic heterocycles. The van der Waals surface area contributed by atoms with Crippen molar-refractivity contribution in [3.63, 3.8) is 0 Å². The number of nitrogens with zero attached hydrogens (tertiary/aromatic N) is 4. The van der Waals surface area contributed by atoms with Gasteiger partial charge in [-0.1, -0.05) is 0 Å². The summed E-state index contributed by atoms with van der Waals surface area (Å²) in [6.45, 7) is 7.08. The Labute approximate surface area is 162 Å². The molecule has 3 heterocycles. The van der Waals surface area contributed by atoms with Gasteiger partial charge in [-0.3, -0.25) is 9.80 Å². The van der Waals surface area contributed by atoms with Gasteiger partial charge in [0.05, 0.1) is 12.2 Å². The number of fused-ring (bicyclic) bond motifs is 1. The highest BCUT2D eigenvalue weighted by Gasteiger charge is 2.33. The first-order chi connectivity index (χ1) is 12.7. The second-order valence-corrected chi connectivity index (χ2v) is 9.53. The molecule has 0 amide bonds. The zero-order valence-electron chi connectivity index (χ0n) is 16.2. The van der Waals surface area contributed by atoms with Gasteiger partial charge < -0.3 is 10.0 Å². The van der Waals surface area contributed by atoms with Gasteiger partial charge in [0, 0.05) is 43.2 Å². The summed E-state index contributed by atoms with van der Waals surface area (Å²) in [5.41, 5.74) is 1.38. The Bertz CT molecular complexity index is 561. The van der Waals surface area contributed by atoms with Crippen molar-refractivity contribution in [3.8, 4) is 0 Å². The van der Waals surface area contributed by atoms with Gasteiger partial charge in [0.25, 0.3) is 0 Å². The molecular formula is C20H34N4OS. The van der Waals surface area contributed by atoms with Crippen molar-refractivity contribution >= 4 is 11.3 Å². The van der Waals surface area contributed by atoms with Gasteiger partial charge in [0.2, 0.25) is 0 Å². The van der Waals surface area contributed by atoms with Crippen LogP contribution >= 0.6 is 11.3 Å². The summed E-state index contributed by atoms with van der Waals surface area (Å²) < 4.78 is 0. The van der Waals surface area contributed by atoms with Crippen LogP contribution in [0.15, 0.2) is 0 Å². The number of aliphatic hydroxyl groups excluding tert-OH is 1. The molecule has 6 heteroatoms. The van der Waals surface area contributed by atoms with E-state index in [0.29, 0.717) is 18.7 Å². The molecule has 0 aromatic carbocycles. The van der Waals surface area contributed by atoms with E-state index >= 15 is 0 Å². The van der Waals surface area contributed by atoms with Gasteiger partial charge >= 0.3 is 0 Å². The van der Waals surface area contributed by atoms with Gasteiger partial charge in [-0.2, -0.15) is 0 Å². The summed E-state index contributed by atoms with van der Waals surface area (Å²) in [5, 5.41) is 10.9. The zero-order chi connectivity index (χ0) is 17.9. The number of thiazole rings is 1.